The molecule has 8 heteroatoms. The van der Waals surface area contributed by atoms with E-state index in [0.29, 0.717) is 42.3 Å². The number of nitrogens with one attached hydrogen (secondary N) is 2. The first-order chi connectivity index (χ1) is 14.6. The van der Waals surface area contributed by atoms with Crippen LogP contribution in [-0.2, 0) is 22.4 Å². The fourth-order valence-electron chi connectivity index (χ4n) is 3.41. The minimum absolute atomic E-state index is 0.212. The van der Waals surface area contributed by atoms with Gasteiger partial charge in [0.15, 0.2) is 0 Å². The third-order valence-corrected chi connectivity index (χ3v) is 6.36. The summed E-state index contributed by atoms with van der Waals surface area (Å²) in [7, 11) is 0. The Balaban J connectivity index is 1.38. The molecule has 2 aliphatic carbocycles. The smallest absolute Gasteiger partial charge is 0.407 e. The molecule has 2 heterocycles. The molecule has 0 aliphatic heterocycles. The Bertz CT molecular complexity index is 1010. The van der Waals surface area contributed by atoms with Gasteiger partial charge in [0.2, 0.25) is 5.91 Å². The molecule has 0 spiro atoms. The zero-order chi connectivity index (χ0) is 20.9. The lowest BCUT2D eigenvalue weighted by Crippen LogP contribution is -2.32. The minimum Gasteiger partial charge on any atom is -0.446 e. The van der Waals surface area contributed by atoms with Gasteiger partial charge in [0.25, 0.3) is 0 Å². The molecule has 2 aliphatic rings. The van der Waals surface area contributed by atoms with Crippen LogP contribution >= 0.6 is 11.3 Å². The van der Waals surface area contributed by atoms with Crippen molar-refractivity contribution in [3.8, 4) is 6.07 Å². The normalized spacial score (nSPS) is 17.8. The second kappa shape index (κ2) is 9.09. The Morgan fingerprint density at radius 2 is 2.23 bits per heavy atom. The number of aromatic nitrogens is 1. The van der Waals surface area contributed by atoms with Crippen LogP contribution in [0.5, 0.6) is 0 Å². The van der Waals surface area contributed by atoms with Gasteiger partial charge in [-0.05, 0) is 54.9 Å². The lowest BCUT2D eigenvalue weighted by atomic mass is 9.94. The Morgan fingerprint density at radius 3 is 2.97 bits per heavy atom. The van der Waals surface area contributed by atoms with Crippen molar-refractivity contribution in [2.45, 2.75) is 38.2 Å². The van der Waals surface area contributed by atoms with Crippen LogP contribution in [0.4, 0.5) is 9.80 Å². The van der Waals surface area contributed by atoms with E-state index in [2.05, 4.69) is 21.7 Å². The number of hydrogen-bond donors (Lipinski definition) is 2. The number of thiophene rings is 1. The monoisotopic (exact) mass is 422 g/mol. The number of anilines is 1. The Morgan fingerprint density at radius 1 is 1.37 bits per heavy atom. The standard InChI is InChI=1S/C22H22N4O3S/c23-11-18-17-7-6-16(29-22(28)25-13-15-3-4-15)10-19(17)30-21(18)26-20(27)8-5-14-2-1-9-24-12-14/h1-2,5,8-9,12,15-16H,3-4,6-7,10,13H2,(H,25,28)(H,26,27). The molecule has 2 amide bonds. The van der Waals surface area contributed by atoms with Crippen molar-refractivity contribution in [2.75, 3.05) is 11.9 Å². The summed E-state index contributed by atoms with van der Waals surface area (Å²) in [5, 5.41) is 15.8. The van der Waals surface area contributed by atoms with Crippen LogP contribution in [0.15, 0.2) is 30.6 Å². The summed E-state index contributed by atoms with van der Waals surface area (Å²) in [6, 6.07) is 5.86. The number of alkyl carbamates (subject to hydrolysis) is 1. The molecular weight excluding hydrogens is 400 g/mol. The highest BCUT2D eigenvalue weighted by atomic mass is 32.1. The van der Waals surface area contributed by atoms with E-state index in [9.17, 15) is 14.9 Å². The largest absolute Gasteiger partial charge is 0.446 e. The van der Waals surface area contributed by atoms with Crippen molar-refractivity contribution in [1.82, 2.24) is 10.3 Å². The summed E-state index contributed by atoms with van der Waals surface area (Å²) in [5.41, 5.74) is 2.28. The maximum atomic E-state index is 12.3. The van der Waals surface area contributed by atoms with Gasteiger partial charge in [-0.1, -0.05) is 6.07 Å². The van der Waals surface area contributed by atoms with E-state index < -0.39 is 0 Å². The molecule has 154 valence electrons. The molecule has 1 unspecified atom stereocenters. The topological polar surface area (TPSA) is 104 Å². The molecule has 1 saturated carbocycles. The van der Waals surface area contributed by atoms with Gasteiger partial charge in [-0.15, -0.1) is 11.3 Å². The Labute approximate surface area is 178 Å². The van der Waals surface area contributed by atoms with Gasteiger partial charge in [0, 0.05) is 36.3 Å². The van der Waals surface area contributed by atoms with Crippen LogP contribution in [0.1, 0.15) is 40.8 Å². The first-order valence-corrected chi connectivity index (χ1v) is 10.8. The van der Waals surface area contributed by atoms with Crippen LogP contribution in [0, 0.1) is 17.2 Å². The third-order valence-electron chi connectivity index (χ3n) is 5.19. The highest BCUT2D eigenvalue weighted by molar-refractivity contribution is 7.16. The summed E-state index contributed by atoms with van der Waals surface area (Å²) in [5.74, 6) is 0.297. The van der Waals surface area contributed by atoms with E-state index >= 15 is 0 Å². The van der Waals surface area contributed by atoms with E-state index in [-0.39, 0.29) is 18.1 Å². The van der Waals surface area contributed by atoms with Crippen molar-refractivity contribution in [2.24, 2.45) is 5.92 Å². The highest BCUT2D eigenvalue weighted by Crippen LogP contribution is 2.38. The molecule has 0 bridgehead atoms. The fourth-order valence-corrected chi connectivity index (χ4v) is 4.67. The van der Waals surface area contributed by atoms with E-state index in [1.807, 2.05) is 6.07 Å². The molecule has 2 aromatic rings. The van der Waals surface area contributed by atoms with Gasteiger partial charge in [-0.3, -0.25) is 9.78 Å². The number of pyridine rings is 1. The summed E-state index contributed by atoms with van der Waals surface area (Å²) >= 11 is 1.38. The maximum Gasteiger partial charge on any atom is 0.407 e. The van der Waals surface area contributed by atoms with Crippen molar-refractivity contribution < 1.29 is 14.3 Å². The van der Waals surface area contributed by atoms with Gasteiger partial charge in [-0.2, -0.15) is 5.26 Å². The zero-order valence-corrected chi connectivity index (χ0v) is 17.2. The number of carbonyl (C=O) groups is 2. The van der Waals surface area contributed by atoms with Crippen molar-refractivity contribution in [1.29, 1.82) is 5.26 Å². The molecule has 4 rings (SSSR count). The number of amides is 2. The molecule has 1 atom stereocenters. The molecule has 0 radical (unpaired) electrons. The summed E-state index contributed by atoms with van der Waals surface area (Å²) in [4.78, 5) is 29.3. The fraction of sp³-hybridized carbons (Fsp3) is 0.364. The second-order valence-electron chi connectivity index (χ2n) is 7.52. The van der Waals surface area contributed by atoms with Crippen LogP contribution in [-0.4, -0.2) is 29.6 Å². The second-order valence-corrected chi connectivity index (χ2v) is 8.63. The molecule has 30 heavy (non-hydrogen) atoms. The number of ether oxygens (including phenoxy) is 1. The van der Waals surface area contributed by atoms with Crippen LogP contribution in [0.25, 0.3) is 6.08 Å². The number of nitrogens with zero attached hydrogens (tertiary/aromatic N) is 2. The van der Waals surface area contributed by atoms with Crippen LogP contribution in [0.2, 0.25) is 0 Å². The molecule has 0 saturated heterocycles. The molecule has 2 aromatic heterocycles. The van der Waals surface area contributed by atoms with Crippen molar-refractivity contribution >= 4 is 34.4 Å². The molecule has 7 nitrogen and oxygen atoms in total. The average Bonchev–Trinajstić information content (AvgIpc) is 3.52. The number of fused-ring (bicyclic) bond motifs is 1. The van der Waals surface area contributed by atoms with Crippen molar-refractivity contribution in [3.63, 3.8) is 0 Å². The van der Waals surface area contributed by atoms with Gasteiger partial charge in [-0.25, -0.2) is 4.79 Å². The summed E-state index contributed by atoms with van der Waals surface area (Å²) in [6.07, 6.45) is 10.1. The predicted molar refractivity (Wildman–Crippen MR) is 114 cm³/mol. The lowest BCUT2D eigenvalue weighted by Gasteiger charge is -2.22. The summed E-state index contributed by atoms with van der Waals surface area (Å²) in [6.45, 7) is 0.678. The Kier molecular flexibility index (Phi) is 6.10. The number of nitriles is 1. The molecule has 2 N–H and O–H groups in total. The van der Waals surface area contributed by atoms with Gasteiger partial charge >= 0.3 is 6.09 Å². The lowest BCUT2D eigenvalue weighted by molar-refractivity contribution is -0.111. The molecule has 0 aromatic carbocycles. The predicted octanol–water partition coefficient (Wildman–Crippen LogP) is 3.66. The average molecular weight is 423 g/mol. The Hall–Kier alpha value is -3.18. The SMILES string of the molecule is N#Cc1c(NC(=O)C=Cc2cccnc2)sc2c1CCC(OC(=O)NCC1CC1)C2. The van der Waals surface area contributed by atoms with Crippen LogP contribution < -0.4 is 10.6 Å². The quantitative estimate of drug-likeness (QED) is 0.692. The van der Waals surface area contributed by atoms with E-state index in [0.717, 1.165) is 16.0 Å². The maximum absolute atomic E-state index is 12.3. The minimum atomic E-state index is -0.374. The van der Waals surface area contributed by atoms with Crippen molar-refractivity contribution in [3.05, 3.63) is 52.2 Å². The van der Waals surface area contributed by atoms with Crippen LogP contribution in [0.3, 0.4) is 0 Å². The van der Waals surface area contributed by atoms with E-state index in [1.165, 1.54) is 30.3 Å². The number of carbonyl (C=O) groups excluding carboxylic acids is 2. The van der Waals surface area contributed by atoms with Gasteiger partial charge in [0.1, 0.15) is 17.2 Å². The van der Waals surface area contributed by atoms with E-state index in [1.54, 1.807) is 24.5 Å². The molecular formula is C22H22N4O3S. The highest BCUT2D eigenvalue weighted by Gasteiger charge is 2.29. The number of rotatable bonds is 6. The summed E-state index contributed by atoms with van der Waals surface area (Å²) < 4.78 is 5.55. The van der Waals surface area contributed by atoms with Gasteiger partial charge in [0.05, 0.1) is 5.56 Å². The third kappa shape index (κ3) is 5.05. The molecule has 1 fully saturated rings. The van der Waals surface area contributed by atoms with E-state index in [4.69, 9.17) is 4.74 Å². The zero-order valence-electron chi connectivity index (χ0n) is 16.4. The number of hydrogen-bond acceptors (Lipinski definition) is 6. The van der Waals surface area contributed by atoms with Gasteiger partial charge < -0.3 is 15.4 Å². The first kappa shape index (κ1) is 20.1. The first-order valence-electron chi connectivity index (χ1n) is 10.0.